The van der Waals surface area contributed by atoms with Gasteiger partial charge in [0.15, 0.2) is 0 Å². The molecule has 0 atom stereocenters. The lowest BCUT2D eigenvalue weighted by Crippen LogP contribution is -2.10. The molecule has 0 amide bonds. The Labute approximate surface area is 127 Å². The van der Waals surface area contributed by atoms with E-state index in [1.54, 1.807) is 48.5 Å². The maximum Gasteiger partial charge on any atom is 0.355 e. The predicted molar refractivity (Wildman–Crippen MR) is 81.5 cm³/mol. The van der Waals surface area contributed by atoms with E-state index < -0.39 is 11.9 Å². The molecule has 0 radical (unpaired) electrons. The van der Waals surface area contributed by atoms with E-state index in [0.717, 1.165) is 12.2 Å². The van der Waals surface area contributed by atoms with Gasteiger partial charge in [0.2, 0.25) is 0 Å². The molecule has 0 spiro atoms. The van der Waals surface area contributed by atoms with E-state index in [0.29, 0.717) is 11.4 Å². The number of anilines is 2. The van der Waals surface area contributed by atoms with Gasteiger partial charge in [0.25, 0.3) is 0 Å². The van der Waals surface area contributed by atoms with Crippen molar-refractivity contribution < 1.29 is 19.3 Å². The van der Waals surface area contributed by atoms with Crippen LogP contribution in [0.1, 0.15) is 0 Å². The first-order valence-corrected chi connectivity index (χ1v) is 6.46. The molecule has 2 rings (SSSR count). The average Bonchev–Trinajstić information content (AvgIpc) is 2.58. The van der Waals surface area contributed by atoms with Crippen LogP contribution in [0.2, 0.25) is 0 Å². The smallest absolute Gasteiger partial charge is 0.339 e. The number of benzene rings is 2. The van der Waals surface area contributed by atoms with Gasteiger partial charge >= 0.3 is 11.9 Å². The summed E-state index contributed by atoms with van der Waals surface area (Å²) in [6, 6.07) is 17.8. The van der Waals surface area contributed by atoms with Gasteiger partial charge in [0, 0.05) is 12.2 Å². The summed E-state index contributed by atoms with van der Waals surface area (Å²) < 4.78 is 0. The van der Waals surface area contributed by atoms with Gasteiger partial charge in [-0.05, 0) is 24.3 Å². The summed E-state index contributed by atoms with van der Waals surface area (Å²) in [5.41, 5.74) is 6.16. The Morgan fingerprint density at radius 2 is 1.05 bits per heavy atom. The second kappa shape index (κ2) is 8.11. The molecule has 0 aliphatic carbocycles. The van der Waals surface area contributed by atoms with E-state index in [2.05, 4.69) is 11.0 Å². The van der Waals surface area contributed by atoms with Crippen LogP contribution in [0.25, 0.3) is 0 Å². The van der Waals surface area contributed by atoms with Gasteiger partial charge < -0.3 is 9.68 Å². The molecule has 2 aromatic rings. The van der Waals surface area contributed by atoms with Crippen molar-refractivity contribution in [2.45, 2.75) is 0 Å². The third-order valence-electron chi connectivity index (χ3n) is 2.44. The van der Waals surface area contributed by atoms with Crippen LogP contribution in [0, 0.1) is 0 Å². The summed E-state index contributed by atoms with van der Waals surface area (Å²) in [5, 5.41) is 0. The van der Waals surface area contributed by atoms with Crippen LogP contribution in [0.15, 0.2) is 72.8 Å². The molecule has 0 aliphatic rings. The highest BCUT2D eigenvalue weighted by molar-refractivity contribution is 5.92. The first-order valence-electron chi connectivity index (χ1n) is 6.46. The summed E-state index contributed by atoms with van der Waals surface area (Å²) >= 11 is 0. The number of rotatable bonds is 6. The topological polar surface area (TPSA) is 76.7 Å². The highest BCUT2D eigenvalue weighted by Gasteiger charge is 2.02. The second-order valence-corrected chi connectivity index (χ2v) is 4.11. The molecule has 0 saturated carbocycles. The van der Waals surface area contributed by atoms with Gasteiger partial charge in [-0.15, -0.1) is 0 Å². The Kier molecular flexibility index (Phi) is 5.57. The van der Waals surface area contributed by atoms with Crippen molar-refractivity contribution in [2.24, 2.45) is 0 Å². The summed E-state index contributed by atoms with van der Waals surface area (Å²) in [7, 11) is 0. The second-order valence-electron chi connectivity index (χ2n) is 4.11. The van der Waals surface area contributed by atoms with Gasteiger partial charge in [0.1, 0.15) is 0 Å². The zero-order valence-corrected chi connectivity index (χ0v) is 11.6. The van der Waals surface area contributed by atoms with Crippen LogP contribution in [0.4, 0.5) is 11.4 Å². The summed E-state index contributed by atoms with van der Waals surface area (Å²) in [6.07, 6.45) is 1.93. The van der Waals surface area contributed by atoms with E-state index in [1.165, 1.54) is 0 Å². The third kappa shape index (κ3) is 5.38. The molecule has 0 unspecified atom stereocenters. The molecule has 2 aromatic carbocycles. The Morgan fingerprint density at radius 3 is 1.41 bits per heavy atom. The number of para-hydroxylation sites is 2. The Morgan fingerprint density at radius 1 is 0.682 bits per heavy atom. The van der Waals surface area contributed by atoms with E-state index in [9.17, 15) is 9.59 Å². The largest absolute Gasteiger partial charge is 0.355 e. The molecule has 6 heteroatoms. The first-order chi connectivity index (χ1) is 10.7. The fourth-order valence-electron chi connectivity index (χ4n) is 1.43. The van der Waals surface area contributed by atoms with Crippen LogP contribution in [0.3, 0.4) is 0 Å². The van der Waals surface area contributed by atoms with Crippen molar-refractivity contribution in [3.63, 3.8) is 0 Å². The van der Waals surface area contributed by atoms with E-state index in [1.807, 2.05) is 12.1 Å². The molecule has 2 N–H and O–H groups in total. The van der Waals surface area contributed by atoms with Crippen molar-refractivity contribution in [1.29, 1.82) is 0 Å². The minimum absolute atomic E-state index is 0.623. The molecule has 112 valence electrons. The fraction of sp³-hybridized carbons (Fsp3) is 0. The maximum absolute atomic E-state index is 11.4. The zero-order valence-electron chi connectivity index (χ0n) is 11.6. The monoisotopic (exact) mass is 298 g/mol. The molecule has 0 saturated heterocycles. The Balaban J connectivity index is 1.71. The molecule has 6 nitrogen and oxygen atoms in total. The lowest BCUT2D eigenvalue weighted by molar-refractivity contribution is -0.137. The first kappa shape index (κ1) is 15.1. The van der Waals surface area contributed by atoms with E-state index in [-0.39, 0.29) is 0 Å². The van der Waals surface area contributed by atoms with E-state index >= 15 is 0 Å². The van der Waals surface area contributed by atoms with Crippen molar-refractivity contribution in [2.75, 3.05) is 11.0 Å². The summed E-state index contributed by atoms with van der Waals surface area (Å²) in [4.78, 5) is 32.3. The highest BCUT2D eigenvalue weighted by Crippen LogP contribution is 2.05. The molecule has 22 heavy (non-hydrogen) atoms. The molecular formula is C16H14N2O4. The third-order valence-corrected chi connectivity index (χ3v) is 2.44. The normalized spacial score (nSPS) is 10.0. The van der Waals surface area contributed by atoms with Gasteiger partial charge in [-0.25, -0.2) is 20.5 Å². The number of carbonyl (C=O) groups is 2. The molecule has 0 heterocycles. The Hall–Kier alpha value is -3.28. The van der Waals surface area contributed by atoms with E-state index in [4.69, 9.17) is 9.68 Å². The van der Waals surface area contributed by atoms with Gasteiger partial charge in [-0.1, -0.05) is 36.4 Å². The highest BCUT2D eigenvalue weighted by atomic mass is 16.7. The minimum atomic E-state index is -0.722. The maximum atomic E-state index is 11.4. The summed E-state index contributed by atoms with van der Waals surface area (Å²) in [5.74, 6) is -1.44. The van der Waals surface area contributed by atoms with Crippen LogP contribution in [-0.4, -0.2) is 11.9 Å². The number of nitrogens with one attached hydrogen (secondary N) is 2. The van der Waals surface area contributed by atoms with Crippen molar-refractivity contribution in [3.05, 3.63) is 72.8 Å². The molecule has 0 aromatic heterocycles. The van der Waals surface area contributed by atoms with Crippen LogP contribution in [-0.2, 0) is 19.3 Å². The standard InChI is InChI=1S/C16H14N2O4/c19-15(21-17-13-7-3-1-4-8-13)11-12-16(20)22-18-14-9-5-2-6-10-14/h1-12,17-18H/b12-11+. The number of carbonyl (C=O) groups excluding carboxylic acids is 2. The molecule has 0 aliphatic heterocycles. The van der Waals surface area contributed by atoms with Gasteiger partial charge in [0.05, 0.1) is 11.4 Å². The number of hydrogen-bond donors (Lipinski definition) is 2. The minimum Gasteiger partial charge on any atom is -0.339 e. The SMILES string of the molecule is O=C(/C=C/C(=O)ONc1ccccc1)ONc1ccccc1. The molecule has 0 bridgehead atoms. The van der Waals surface area contributed by atoms with Crippen molar-refractivity contribution in [1.82, 2.24) is 0 Å². The quantitative estimate of drug-likeness (QED) is 0.631. The Bertz CT molecular complexity index is 584. The van der Waals surface area contributed by atoms with Crippen LogP contribution < -0.4 is 11.0 Å². The predicted octanol–water partition coefficient (Wildman–Crippen LogP) is 2.68. The molecule has 0 fully saturated rings. The lowest BCUT2D eigenvalue weighted by Gasteiger charge is -2.04. The van der Waals surface area contributed by atoms with Gasteiger partial charge in [-0.3, -0.25) is 0 Å². The van der Waals surface area contributed by atoms with Gasteiger partial charge in [-0.2, -0.15) is 0 Å². The lowest BCUT2D eigenvalue weighted by atomic mass is 10.3. The van der Waals surface area contributed by atoms with Crippen molar-refractivity contribution >= 4 is 23.3 Å². The van der Waals surface area contributed by atoms with Crippen LogP contribution >= 0.6 is 0 Å². The average molecular weight is 298 g/mol. The fourth-order valence-corrected chi connectivity index (χ4v) is 1.43. The van der Waals surface area contributed by atoms with Crippen LogP contribution in [0.5, 0.6) is 0 Å². The van der Waals surface area contributed by atoms with Crippen molar-refractivity contribution in [3.8, 4) is 0 Å². The summed E-state index contributed by atoms with van der Waals surface area (Å²) in [6.45, 7) is 0. The number of hydrogen-bond acceptors (Lipinski definition) is 6. The molecular weight excluding hydrogens is 284 g/mol. The zero-order chi connectivity index (χ0) is 15.6.